The monoisotopic (exact) mass is 269 g/mol. The number of benzene rings is 2. The van der Waals surface area contributed by atoms with Crippen molar-refractivity contribution in [3.63, 3.8) is 0 Å². The summed E-state index contributed by atoms with van der Waals surface area (Å²) in [5.74, 6) is 0.474. The predicted octanol–water partition coefficient (Wildman–Crippen LogP) is 3.54. The van der Waals surface area contributed by atoms with E-state index in [1.165, 1.54) is 6.92 Å². The number of ketones is 1. The van der Waals surface area contributed by atoms with Crippen LogP contribution >= 0.6 is 0 Å². The maximum absolute atomic E-state index is 11.4. The average molecular weight is 269 g/mol. The van der Waals surface area contributed by atoms with Gasteiger partial charge in [-0.3, -0.25) is 4.79 Å². The molecule has 0 aliphatic heterocycles. The fourth-order valence-corrected chi connectivity index (χ4v) is 2.05. The Labute approximate surface area is 118 Å². The average Bonchev–Trinajstić information content (AvgIpc) is 2.45. The highest BCUT2D eigenvalue weighted by Crippen LogP contribution is 2.32. The van der Waals surface area contributed by atoms with Gasteiger partial charge in [-0.2, -0.15) is 0 Å². The Balaban J connectivity index is 2.24. The van der Waals surface area contributed by atoms with E-state index < -0.39 is 0 Å². The molecule has 0 spiro atoms. The van der Waals surface area contributed by atoms with Crippen LogP contribution in [0.1, 0.15) is 35.3 Å². The molecule has 0 aliphatic rings. The van der Waals surface area contributed by atoms with Crippen LogP contribution in [0.2, 0.25) is 0 Å². The molecule has 2 rings (SSSR count). The number of rotatable bonds is 5. The zero-order valence-electron chi connectivity index (χ0n) is 11.6. The van der Waals surface area contributed by atoms with Crippen molar-refractivity contribution in [1.82, 2.24) is 0 Å². The third kappa shape index (κ3) is 2.99. The highest BCUT2D eigenvalue weighted by atomic mass is 16.5. The number of carbonyl (C=O) groups excluding carboxylic acids is 1. The van der Waals surface area contributed by atoms with Gasteiger partial charge in [0.1, 0.15) is 18.1 Å². The molecule has 0 atom stereocenters. The van der Waals surface area contributed by atoms with E-state index in [9.17, 15) is 9.90 Å². The summed E-state index contributed by atoms with van der Waals surface area (Å²) in [6.07, 6.45) is 0.598. The topological polar surface area (TPSA) is 46.5 Å². The number of phenols is 1. The molecule has 0 fully saturated rings. The van der Waals surface area contributed by atoms with Gasteiger partial charge >= 0.3 is 0 Å². The van der Waals surface area contributed by atoms with E-state index in [1.807, 2.05) is 31.2 Å². The zero-order chi connectivity index (χ0) is 14.5. The molecular weight excluding hydrogens is 252 g/mol. The molecule has 2 aromatic carbocycles. The quantitative estimate of drug-likeness (QED) is 0.844. The molecule has 1 N–H and O–H groups in total. The Morgan fingerprint density at radius 3 is 2.70 bits per heavy atom. The largest absolute Gasteiger partial charge is 0.507 e. The van der Waals surface area contributed by atoms with Crippen molar-refractivity contribution >= 4 is 5.78 Å². The standard InChI is InChI=1S/C17H17O3/c1-3-14-16(10-9-15(12(2)18)17(14)19)20-11-13-7-5-4-6-8-13/h4-7,9-10,19H,3,11H2,1-2H3. The molecule has 3 heteroatoms. The van der Waals surface area contributed by atoms with Crippen molar-refractivity contribution in [2.45, 2.75) is 26.9 Å². The molecule has 0 amide bonds. The fraction of sp³-hybridized carbons (Fsp3) is 0.235. The van der Waals surface area contributed by atoms with Gasteiger partial charge in [-0.15, -0.1) is 0 Å². The first-order chi connectivity index (χ1) is 9.63. The van der Waals surface area contributed by atoms with Crippen LogP contribution in [0.5, 0.6) is 11.5 Å². The van der Waals surface area contributed by atoms with Crippen molar-refractivity contribution in [2.75, 3.05) is 0 Å². The Hall–Kier alpha value is -2.29. The lowest BCUT2D eigenvalue weighted by Gasteiger charge is -2.13. The summed E-state index contributed by atoms with van der Waals surface area (Å²) < 4.78 is 5.73. The van der Waals surface area contributed by atoms with Crippen LogP contribution in [0.3, 0.4) is 0 Å². The molecule has 0 bridgehead atoms. The van der Waals surface area contributed by atoms with Gasteiger partial charge in [-0.25, -0.2) is 0 Å². The first-order valence-electron chi connectivity index (χ1n) is 6.57. The van der Waals surface area contributed by atoms with Crippen LogP contribution in [-0.2, 0) is 13.0 Å². The van der Waals surface area contributed by atoms with Crippen molar-refractivity contribution in [1.29, 1.82) is 0 Å². The Kier molecular flexibility index (Phi) is 4.41. The second kappa shape index (κ2) is 6.24. The van der Waals surface area contributed by atoms with Crippen LogP contribution in [-0.4, -0.2) is 10.9 Å². The summed E-state index contributed by atoms with van der Waals surface area (Å²) in [6, 6.07) is 14.0. The minimum absolute atomic E-state index is 0.0227. The molecule has 2 aromatic rings. The van der Waals surface area contributed by atoms with E-state index in [-0.39, 0.29) is 11.5 Å². The SMILES string of the molecule is CCc1c(OCc2[c]cccc2)ccc(C(C)=O)c1O. The number of Topliss-reactive ketones (excluding diaryl/α,β-unsaturated/α-hetero) is 1. The summed E-state index contributed by atoms with van der Waals surface area (Å²) in [7, 11) is 0. The number of carbonyl (C=O) groups is 1. The van der Waals surface area contributed by atoms with Crippen LogP contribution in [0, 0.1) is 6.07 Å². The zero-order valence-corrected chi connectivity index (χ0v) is 11.6. The van der Waals surface area contributed by atoms with Crippen molar-refractivity contribution in [2.24, 2.45) is 0 Å². The van der Waals surface area contributed by atoms with Gasteiger partial charge in [0.05, 0.1) is 5.56 Å². The van der Waals surface area contributed by atoms with E-state index in [0.29, 0.717) is 29.9 Å². The van der Waals surface area contributed by atoms with Crippen LogP contribution < -0.4 is 4.74 Å². The molecule has 103 valence electrons. The summed E-state index contributed by atoms with van der Waals surface area (Å²) in [5, 5.41) is 10.1. The summed E-state index contributed by atoms with van der Waals surface area (Å²) >= 11 is 0. The minimum Gasteiger partial charge on any atom is -0.507 e. The lowest BCUT2D eigenvalue weighted by atomic mass is 10.0. The summed E-state index contributed by atoms with van der Waals surface area (Å²) in [6.45, 7) is 3.74. The lowest BCUT2D eigenvalue weighted by molar-refractivity contribution is 0.101. The number of phenolic OH excluding ortho intramolecular Hbond substituents is 1. The van der Waals surface area contributed by atoms with Gasteiger partial charge < -0.3 is 9.84 Å². The third-order valence-electron chi connectivity index (χ3n) is 3.13. The summed E-state index contributed by atoms with van der Waals surface area (Å²) in [5.41, 5.74) is 1.93. The molecule has 0 aliphatic carbocycles. The number of aromatic hydroxyl groups is 1. The van der Waals surface area contributed by atoms with Gasteiger partial charge in [0.15, 0.2) is 5.78 Å². The molecule has 0 aromatic heterocycles. The lowest BCUT2D eigenvalue weighted by Crippen LogP contribution is -2.01. The van der Waals surface area contributed by atoms with Crippen molar-refractivity contribution in [3.8, 4) is 11.5 Å². The number of hydrogen-bond donors (Lipinski definition) is 1. The van der Waals surface area contributed by atoms with Crippen molar-refractivity contribution in [3.05, 3.63) is 59.2 Å². The Morgan fingerprint density at radius 2 is 2.10 bits per heavy atom. The third-order valence-corrected chi connectivity index (χ3v) is 3.13. The van der Waals surface area contributed by atoms with Gasteiger partial charge in [0.2, 0.25) is 0 Å². The van der Waals surface area contributed by atoms with E-state index in [0.717, 1.165) is 5.56 Å². The van der Waals surface area contributed by atoms with Gasteiger partial charge in [0.25, 0.3) is 0 Å². The Morgan fingerprint density at radius 1 is 1.30 bits per heavy atom. The normalized spacial score (nSPS) is 10.3. The maximum Gasteiger partial charge on any atom is 0.163 e. The molecule has 1 radical (unpaired) electrons. The molecular formula is C17H17O3. The molecule has 0 saturated carbocycles. The van der Waals surface area contributed by atoms with Gasteiger partial charge in [0, 0.05) is 5.56 Å². The minimum atomic E-state index is -0.153. The molecule has 20 heavy (non-hydrogen) atoms. The predicted molar refractivity (Wildman–Crippen MR) is 77.1 cm³/mol. The molecule has 3 nitrogen and oxygen atoms in total. The van der Waals surface area contributed by atoms with Gasteiger partial charge in [-0.1, -0.05) is 31.2 Å². The molecule has 0 unspecified atom stereocenters. The van der Waals surface area contributed by atoms with E-state index in [4.69, 9.17) is 4.74 Å². The summed E-state index contributed by atoms with van der Waals surface area (Å²) in [4.78, 5) is 11.4. The fourth-order valence-electron chi connectivity index (χ4n) is 2.05. The maximum atomic E-state index is 11.4. The van der Waals surface area contributed by atoms with Crippen LogP contribution in [0.15, 0.2) is 36.4 Å². The highest BCUT2D eigenvalue weighted by Gasteiger charge is 2.15. The van der Waals surface area contributed by atoms with Crippen LogP contribution in [0.4, 0.5) is 0 Å². The van der Waals surface area contributed by atoms with E-state index in [2.05, 4.69) is 6.07 Å². The smallest absolute Gasteiger partial charge is 0.163 e. The molecule has 0 heterocycles. The second-order valence-corrected chi connectivity index (χ2v) is 4.52. The number of hydrogen-bond acceptors (Lipinski definition) is 3. The van der Waals surface area contributed by atoms with Crippen molar-refractivity contribution < 1.29 is 14.6 Å². The van der Waals surface area contributed by atoms with E-state index >= 15 is 0 Å². The highest BCUT2D eigenvalue weighted by molar-refractivity contribution is 5.97. The van der Waals surface area contributed by atoms with Crippen LogP contribution in [0.25, 0.3) is 0 Å². The second-order valence-electron chi connectivity index (χ2n) is 4.52. The molecule has 0 saturated heterocycles. The first-order valence-corrected chi connectivity index (χ1v) is 6.57. The first kappa shape index (κ1) is 14.1. The van der Waals surface area contributed by atoms with Gasteiger partial charge in [-0.05, 0) is 37.1 Å². The Bertz CT molecular complexity index is 603. The van der Waals surface area contributed by atoms with E-state index in [1.54, 1.807) is 12.1 Å². The number of ether oxygens (including phenoxy) is 1.